The lowest BCUT2D eigenvalue weighted by Crippen LogP contribution is -2.53. The molecule has 0 saturated carbocycles. The highest BCUT2D eigenvalue weighted by Crippen LogP contribution is 2.24. The second kappa shape index (κ2) is 7.21. The van der Waals surface area contributed by atoms with Crippen LogP contribution in [0.3, 0.4) is 0 Å². The summed E-state index contributed by atoms with van der Waals surface area (Å²) in [5.74, 6) is 1.13. The minimum atomic E-state index is 0.214. The van der Waals surface area contributed by atoms with Crippen molar-refractivity contribution in [3.05, 3.63) is 24.3 Å². The van der Waals surface area contributed by atoms with Crippen molar-refractivity contribution in [2.45, 2.75) is 25.8 Å². The lowest BCUT2D eigenvalue weighted by molar-refractivity contribution is -0.130. The molecule has 0 atom stereocenters. The van der Waals surface area contributed by atoms with Gasteiger partial charge in [-0.15, -0.1) is 0 Å². The average molecular weight is 317 g/mol. The molecule has 0 bridgehead atoms. The van der Waals surface area contributed by atoms with Gasteiger partial charge in [0.15, 0.2) is 0 Å². The van der Waals surface area contributed by atoms with E-state index in [0.717, 1.165) is 57.9 Å². The molecule has 2 fully saturated rings. The maximum Gasteiger partial charge on any atom is 0.219 e. The molecular weight excluding hydrogens is 290 g/mol. The fourth-order valence-corrected chi connectivity index (χ4v) is 3.70. The van der Waals surface area contributed by atoms with Crippen molar-refractivity contribution in [1.82, 2.24) is 9.80 Å². The Balaban J connectivity index is 1.51. The second-order valence-electron chi connectivity index (χ2n) is 6.46. The summed E-state index contributed by atoms with van der Waals surface area (Å²) in [6, 6.07) is 8.95. The van der Waals surface area contributed by atoms with Crippen molar-refractivity contribution in [1.29, 1.82) is 0 Å². The Bertz CT molecular complexity index is 533. The van der Waals surface area contributed by atoms with Crippen LogP contribution in [0.2, 0.25) is 0 Å². The topological polar surface area (TPSA) is 36.0 Å². The lowest BCUT2D eigenvalue weighted by atomic mass is 10.0. The number of piperazine rings is 1. The van der Waals surface area contributed by atoms with Crippen molar-refractivity contribution in [2.24, 2.45) is 0 Å². The maximum absolute atomic E-state index is 11.4. The molecule has 5 nitrogen and oxygen atoms in total. The van der Waals surface area contributed by atoms with Crippen LogP contribution in [0.5, 0.6) is 5.75 Å². The molecule has 1 amide bonds. The zero-order valence-electron chi connectivity index (χ0n) is 14.2. The van der Waals surface area contributed by atoms with E-state index in [-0.39, 0.29) is 5.91 Å². The van der Waals surface area contributed by atoms with Gasteiger partial charge in [-0.3, -0.25) is 9.69 Å². The third-order valence-electron chi connectivity index (χ3n) is 5.16. The number of carbonyl (C=O) groups is 1. The number of carbonyl (C=O) groups excluding carboxylic acids is 1. The van der Waals surface area contributed by atoms with Gasteiger partial charge in [-0.1, -0.05) is 6.07 Å². The van der Waals surface area contributed by atoms with E-state index < -0.39 is 0 Å². The van der Waals surface area contributed by atoms with Gasteiger partial charge in [-0.05, 0) is 25.0 Å². The molecule has 1 aromatic carbocycles. The van der Waals surface area contributed by atoms with Crippen LogP contribution in [-0.4, -0.2) is 68.1 Å². The number of benzene rings is 1. The molecule has 0 unspecified atom stereocenters. The van der Waals surface area contributed by atoms with E-state index in [1.54, 1.807) is 14.0 Å². The van der Waals surface area contributed by atoms with Gasteiger partial charge in [-0.2, -0.15) is 0 Å². The minimum absolute atomic E-state index is 0.214. The monoisotopic (exact) mass is 317 g/mol. The van der Waals surface area contributed by atoms with Gasteiger partial charge < -0.3 is 14.5 Å². The molecule has 2 aliphatic rings. The van der Waals surface area contributed by atoms with Gasteiger partial charge >= 0.3 is 0 Å². The van der Waals surface area contributed by atoms with E-state index in [1.165, 1.54) is 5.69 Å². The van der Waals surface area contributed by atoms with Crippen LogP contribution in [0, 0.1) is 0 Å². The molecular formula is C18H27N3O2. The Kier molecular flexibility index (Phi) is 5.06. The number of hydrogen-bond donors (Lipinski definition) is 0. The standard InChI is InChI=1S/C18H27N3O2/c1-15(22)19-8-6-16(7-9-19)20-10-12-21(13-11-20)17-4-3-5-18(14-17)23-2/h3-5,14,16H,6-13H2,1-2H3. The summed E-state index contributed by atoms with van der Waals surface area (Å²) in [4.78, 5) is 18.4. The van der Waals surface area contributed by atoms with Gasteiger partial charge in [0.2, 0.25) is 5.91 Å². The maximum atomic E-state index is 11.4. The number of methoxy groups -OCH3 is 1. The molecule has 2 heterocycles. The predicted molar refractivity (Wildman–Crippen MR) is 92.1 cm³/mol. The molecule has 0 aliphatic carbocycles. The first-order valence-electron chi connectivity index (χ1n) is 8.56. The smallest absolute Gasteiger partial charge is 0.219 e. The fourth-order valence-electron chi connectivity index (χ4n) is 3.70. The summed E-state index contributed by atoms with van der Waals surface area (Å²) < 4.78 is 5.32. The van der Waals surface area contributed by atoms with Gasteiger partial charge in [0.25, 0.3) is 0 Å². The summed E-state index contributed by atoms with van der Waals surface area (Å²) >= 11 is 0. The van der Waals surface area contributed by atoms with E-state index in [2.05, 4.69) is 28.0 Å². The van der Waals surface area contributed by atoms with Crippen LogP contribution in [-0.2, 0) is 4.79 Å². The van der Waals surface area contributed by atoms with Gasteiger partial charge in [0.05, 0.1) is 7.11 Å². The third kappa shape index (κ3) is 3.78. The highest BCUT2D eigenvalue weighted by atomic mass is 16.5. The average Bonchev–Trinajstić information content (AvgIpc) is 2.62. The summed E-state index contributed by atoms with van der Waals surface area (Å²) in [6.07, 6.45) is 2.22. The summed E-state index contributed by atoms with van der Waals surface area (Å²) in [7, 11) is 1.71. The van der Waals surface area contributed by atoms with Crippen LogP contribution in [0.25, 0.3) is 0 Å². The van der Waals surface area contributed by atoms with Gasteiger partial charge in [-0.25, -0.2) is 0 Å². The SMILES string of the molecule is COc1cccc(N2CCN(C3CCN(C(C)=O)CC3)CC2)c1. The number of nitrogens with zero attached hydrogens (tertiary/aromatic N) is 3. The normalized spacial score (nSPS) is 20.6. The molecule has 2 saturated heterocycles. The van der Waals surface area contributed by atoms with Crippen molar-refractivity contribution in [3.8, 4) is 5.75 Å². The molecule has 0 spiro atoms. The Hall–Kier alpha value is -1.75. The van der Waals surface area contributed by atoms with E-state index in [4.69, 9.17) is 4.74 Å². The number of hydrogen-bond acceptors (Lipinski definition) is 4. The number of anilines is 1. The molecule has 23 heavy (non-hydrogen) atoms. The van der Waals surface area contributed by atoms with E-state index in [9.17, 15) is 4.79 Å². The van der Waals surface area contributed by atoms with Crippen LogP contribution in [0.4, 0.5) is 5.69 Å². The Labute approximate surface area is 138 Å². The largest absolute Gasteiger partial charge is 0.497 e. The van der Waals surface area contributed by atoms with Crippen LogP contribution in [0.15, 0.2) is 24.3 Å². The molecule has 0 aromatic heterocycles. The Morgan fingerprint density at radius 3 is 2.39 bits per heavy atom. The highest BCUT2D eigenvalue weighted by Gasteiger charge is 2.28. The molecule has 5 heteroatoms. The Morgan fingerprint density at radius 1 is 1.09 bits per heavy atom. The first kappa shape index (κ1) is 16.1. The number of likely N-dealkylation sites (tertiary alicyclic amines) is 1. The van der Waals surface area contributed by atoms with E-state index >= 15 is 0 Å². The molecule has 1 aromatic rings. The predicted octanol–water partition coefficient (Wildman–Crippen LogP) is 1.83. The van der Waals surface area contributed by atoms with Crippen molar-refractivity contribution in [2.75, 3.05) is 51.3 Å². The van der Waals surface area contributed by atoms with Crippen molar-refractivity contribution >= 4 is 11.6 Å². The molecule has 0 radical (unpaired) electrons. The second-order valence-corrected chi connectivity index (χ2v) is 6.46. The first-order valence-corrected chi connectivity index (χ1v) is 8.56. The number of amides is 1. The van der Waals surface area contributed by atoms with Crippen LogP contribution < -0.4 is 9.64 Å². The van der Waals surface area contributed by atoms with E-state index in [0.29, 0.717) is 6.04 Å². The van der Waals surface area contributed by atoms with Gasteiger partial charge in [0, 0.05) is 64.0 Å². The summed E-state index contributed by atoms with van der Waals surface area (Å²) in [5, 5.41) is 0. The number of ether oxygens (including phenoxy) is 1. The number of rotatable bonds is 3. The minimum Gasteiger partial charge on any atom is -0.497 e. The quantitative estimate of drug-likeness (QED) is 0.852. The zero-order chi connectivity index (χ0) is 16.2. The van der Waals surface area contributed by atoms with Crippen LogP contribution in [0.1, 0.15) is 19.8 Å². The van der Waals surface area contributed by atoms with E-state index in [1.807, 2.05) is 11.0 Å². The lowest BCUT2D eigenvalue weighted by Gasteiger charge is -2.43. The molecule has 3 rings (SSSR count). The van der Waals surface area contributed by atoms with Crippen molar-refractivity contribution in [3.63, 3.8) is 0 Å². The molecule has 2 aliphatic heterocycles. The third-order valence-corrected chi connectivity index (χ3v) is 5.16. The molecule has 126 valence electrons. The summed E-state index contributed by atoms with van der Waals surface area (Å²) in [6.45, 7) is 7.81. The Morgan fingerprint density at radius 2 is 1.78 bits per heavy atom. The zero-order valence-corrected chi connectivity index (χ0v) is 14.2. The fraction of sp³-hybridized carbons (Fsp3) is 0.611. The van der Waals surface area contributed by atoms with Crippen molar-refractivity contribution < 1.29 is 9.53 Å². The highest BCUT2D eigenvalue weighted by molar-refractivity contribution is 5.73. The number of piperidine rings is 1. The van der Waals surface area contributed by atoms with Crippen LogP contribution >= 0.6 is 0 Å². The summed E-state index contributed by atoms with van der Waals surface area (Å²) in [5.41, 5.74) is 1.25. The first-order chi connectivity index (χ1) is 11.2. The molecule has 0 N–H and O–H groups in total. The van der Waals surface area contributed by atoms with Gasteiger partial charge in [0.1, 0.15) is 5.75 Å².